The number of anilines is 1. The van der Waals surface area contributed by atoms with Gasteiger partial charge in [-0.25, -0.2) is 9.40 Å². The highest BCUT2D eigenvalue weighted by Crippen LogP contribution is 2.39. The lowest BCUT2D eigenvalue weighted by Gasteiger charge is -2.26. The Kier molecular flexibility index (Phi) is 7.58. The molecule has 30 heavy (non-hydrogen) atoms. The van der Waals surface area contributed by atoms with Crippen molar-refractivity contribution < 1.29 is 9.18 Å². The molecule has 2 aliphatic heterocycles. The summed E-state index contributed by atoms with van der Waals surface area (Å²) >= 11 is 12.4. The van der Waals surface area contributed by atoms with Gasteiger partial charge in [0.2, 0.25) is 0 Å². The monoisotopic (exact) mass is 470 g/mol. The van der Waals surface area contributed by atoms with E-state index in [2.05, 4.69) is 10.5 Å². The predicted octanol–water partition coefficient (Wildman–Crippen LogP) is 5.38. The van der Waals surface area contributed by atoms with Crippen molar-refractivity contribution in [3.63, 3.8) is 0 Å². The van der Waals surface area contributed by atoms with Gasteiger partial charge in [0, 0.05) is 24.5 Å². The Labute approximate surface area is 191 Å². The Morgan fingerprint density at radius 3 is 2.43 bits per heavy atom. The Balaban J connectivity index is 0.00000256. The molecule has 2 aromatic carbocycles. The van der Waals surface area contributed by atoms with Crippen LogP contribution in [-0.4, -0.2) is 29.7 Å². The average molecular weight is 472 g/mol. The first kappa shape index (κ1) is 22.8. The average Bonchev–Trinajstić information content (AvgIpc) is 3.14. The summed E-state index contributed by atoms with van der Waals surface area (Å²) in [6.45, 7) is 1.68. The van der Waals surface area contributed by atoms with Crippen LogP contribution in [0.5, 0.6) is 0 Å². The maximum Gasteiger partial charge on any atom is 0.281 e. The number of carbonyl (C=O) groups is 1. The van der Waals surface area contributed by atoms with Crippen LogP contribution in [0.4, 0.5) is 10.1 Å². The van der Waals surface area contributed by atoms with Crippen molar-refractivity contribution in [2.45, 2.75) is 31.7 Å². The minimum absolute atomic E-state index is 0. The van der Waals surface area contributed by atoms with Gasteiger partial charge in [-0.15, -0.1) is 12.4 Å². The van der Waals surface area contributed by atoms with Gasteiger partial charge in [0.05, 0.1) is 16.8 Å². The molecule has 0 bridgehead atoms. The number of amides is 1. The highest BCUT2D eigenvalue weighted by molar-refractivity contribution is 6.40. The van der Waals surface area contributed by atoms with E-state index in [1.807, 2.05) is 5.01 Å². The summed E-state index contributed by atoms with van der Waals surface area (Å²) in [6, 6.07) is 11.1. The molecule has 2 aliphatic rings. The molecule has 1 saturated heterocycles. The first-order valence-electron chi connectivity index (χ1n) is 9.64. The normalized spacial score (nSPS) is 19.2. The molecule has 0 radical (unpaired) electrons. The molecule has 2 aromatic rings. The van der Waals surface area contributed by atoms with Crippen LogP contribution in [-0.2, 0) is 4.79 Å². The Morgan fingerprint density at radius 2 is 1.77 bits per heavy atom. The van der Waals surface area contributed by atoms with Crippen molar-refractivity contribution in [3.8, 4) is 0 Å². The van der Waals surface area contributed by atoms with Gasteiger partial charge < -0.3 is 0 Å². The zero-order chi connectivity index (χ0) is 20.4. The smallest absolute Gasteiger partial charge is 0.281 e. The van der Waals surface area contributed by atoms with Gasteiger partial charge >= 0.3 is 0 Å². The second-order valence-corrected chi connectivity index (χ2v) is 8.09. The van der Waals surface area contributed by atoms with Crippen molar-refractivity contribution >= 4 is 52.9 Å². The summed E-state index contributed by atoms with van der Waals surface area (Å²) in [5.74, 6) is -0.529. The first-order chi connectivity index (χ1) is 14.0. The maximum atomic E-state index is 13.4. The summed E-state index contributed by atoms with van der Waals surface area (Å²) in [4.78, 5) is 12.8. The molecule has 1 fully saturated rings. The van der Waals surface area contributed by atoms with Crippen LogP contribution < -0.4 is 10.4 Å². The number of hydrogen-bond acceptors (Lipinski definition) is 4. The topological polar surface area (TPSA) is 47.9 Å². The third-order valence-corrected chi connectivity index (χ3v) is 5.74. The molecule has 160 valence electrons. The van der Waals surface area contributed by atoms with Crippen LogP contribution >= 0.6 is 35.6 Å². The van der Waals surface area contributed by atoms with Gasteiger partial charge in [0.15, 0.2) is 0 Å². The molecular formula is C21H22Cl3FN4O. The quantitative estimate of drug-likeness (QED) is 0.651. The van der Waals surface area contributed by atoms with E-state index in [0.717, 1.165) is 31.5 Å². The second kappa shape index (κ2) is 9.96. The lowest BCUT2D eigenvalue weighted by molar-refractivity contribution is -0.119. The fourth-order valence-electron chi connectivity index (χ4n) is 3.69. The SMILES string of the molecule is Cl.O=C(NN1CCCCC1)C1=NN(c2ccc(Cl)cc2Cl)C(c2ccc(F)cc2)C1. The Morgan fingerprint density at radius 1 is 1.07 bits per heavy atom. The van der Waals surface area contributed by atoms with Crippen molar-refractivity contribution in [2.75, 3.05) is 18.1 Å². The highest BCUT2D eigenvalue weighted by atomic mass is 35.5. The van der Waals surface area contributed by atoms with Gasteiger partial charge in [-0.3, -0.25) is 15.2 Å². The minimum atomic E-state index is -0.313. The molecule has 1 N–H and O–H groups in total. The number of hydrogen-bond donors (Lipinski definition) is 1. The number of hydrazine groups is 1. The first-order valence-corrected chi connectivity index (χ1v) is 10.4. The molecule has 2 heterocycles. The molecule has 4 rings (SSSR count). The third-order valence-electron chi connectivity index (χ3n) is 5.20. The van der Waals surface area contributed by atoms with Crippen LogP contribution in [0.1, 0.15) is 37.3 Å². The molecular weight excluding hydrogens is 450 g/mol. The standard InChI is InChI=1S/C21H21Cl2FN4O.ClH/c22-15-6-9-19(17(23)12-15)28-20(14-4-7-16(24)8-5-14)13-18(25-28)21(29)26-27-10-2-1-3-11-27;/h4-9,12,20H,1-3,10-11,13H2,(H,26,29);1H. The van der Waals surface area contributed by atoms with Crippen LogP contribution in [0.15, 0.2) is 47.6 Å². The van der Waals surface area contributed by atoms with E-state index in [-0.39, 0.29) is 30.2 Å². The van der Waals surface area contributed by atoms with Gasteiger partial charge in [-0.1, -0.05) is 41.8 Å². The zero-order valence-corrected chi connectivity index (χ0v) is 18.5. The molecule has 1 atom stereocenters. The summed E-state index contributed by atoms with van der Waals surface area (Å²) in [6.07, 6.45) is 3.71. The fourth-order valence-corrected chi connectivity index (χ4v) is 4.19. The van der Waals surface area contributed by atoms with Crippen LogP contribution in [0.2, 0.25) is 10.0 Å². The largest absolute Gasteiger partial charge is 0.284 e. The summed E-state index contributed by atoms with van der Waals surface area (Å²) < 4.78 is 13.4. The number of piperidine rings is 1. The highest BCUT2D eigenvalue weighted by Gasteiger charge is 2.34. The minimum Gasteiger partial charge on any atom is -0.284 e. The number of nitrogens with zero attached hydrogens (tertiary/aromatic N) is 3. The van der Waals surface area contributed by atoms with Gasteiger partial charge in [0.1, 0.15) is 11.5 Å². The van der Waals surface area contributed by atoms with Gasteiger partial charge in [-0.2, -0.15) is 5.10 Å². The number of hydrazone groups is 1. The van der Waals surface area contributed by atoms with Crippen molar-refractivity contribution in [2.24, 2.45) is 5.10 Å². The number of carbonyl (C=O) groups excluding carboxylic acids is 1. The van der Waals surface area contributed by atoms with Gasteiger partial charge in [0.25, 0.3) is 5.91 Å². The summed E-state index contributed by atoms with van der Waals surface area (Å²) in [7, 11) is 0. The molecule has 5 nitrogen and oxygen atoms in total. The second-order valence-electron chi connectivity index (χ2n) is 7.25. The van der Waals surface area contributed by atoms with E-state index in [1.165, 1.54) is 18.6 Å². The number of nitrogens with one attached hydrogen (secondary N) is 1. The van der Waals surface area contributed by atoms with Crippen molar-refractivity contribution in [1.29, 1.82) is 0 Å². The van der Waals surface area contributed by atoms with Crippen LogP contribution in [0.25, 0.3) is 0 Å². The summed E-state index contributed by atoms with van der Waals surface area (Å²) in [5.41, 5.74) is 4.87. The van der Waals surface area contributed by atoms with E-state index in [9.17, 15) is 9.18 Å². The fraction of sp³-hybridized carbons (Fsp3) is 0.333. The van der Waals surface area contributed by atoms with Gasteiger partial charge in [-0.05, 0) is 48.7 Å². The number of benzene rings is 2. The Bertz CT molecular complexity index is 932. The lowest BCUT2D eigenvalue weighted by Crippen LogP contribution is -2.47. The van der Waals surface area contributed by atoms with E-state index >= 15 is 0 Å². The maximum absolute atomic E-state index is 13.4. The third kappa shape index (κ3) is 5.06. The molecule has 1 unspecified atom stereocenters. The van der Waals surface area contributed by atoms with Crippen molar-refractivity contribution in [1.82, 2.24) is 10.4 Å². The molecule has 0 spiro atoms. The van der Waals surface area contributed by atoms with E-state index < -0.39 is 0 Å². The number of rotatable bonds is 4. The van der Waals surface area contributed by atoms with Crippen LogP contribution in [0, 0.1) is 5.82 Å². The molecule has 0 saturated carbocycles. The lowest BCUT2D eigenvalue weighted by atomic mass is 10.0. The van der Waals surface area contributed by atoms with Crippen LogP contribution in [0.3, 0.4) is 0 Å². The molecule has 1 amide bonds. The number of halogens is 4. The molecule has 0 aromatic heterocycles. The zero-order valence-electron chi connectivity index (χ0n) is 16.2. The predicted molar refractivity (Wildman–Crippen MR) is 121 cm³/mol. The molecule has 9 heteroatoms. The van der Waals surface area contributed by atoms with Crippen molar-refractivity contribution in [3.05, 3.63) is 63.9 Å². The Hall–Kier alpha value is -1.86. The van der Waals surface area contributed by atoms with E-state index in [0.29, 0.717) is 27.9 Å². The molecule has 0 aliphatic carbocycles. The summed E-state index contributed by atoms with van der Waals surface area (Å²) in [5, 5.41) is 9.20. The van der Waals surface area contributed by atoms with E-state index in [1.54, 1.807) is 35.3 Å². The van der Waals surface area contributed by atoms with E-state index in [4.69, 9.17) is 23.2 Å².